The van der Waals surface area contributed by atoms with E-state index < -0.39 is 6.10 Å². The fraction of sp³-hybridized carbons (Fsp3) is 0.316. The number of rotatable bonds is 8. The van der Waals surface area contributed by atoms with Crippen molar-refractivity contribution in [1.29, 1.82) is 0 Å². The molecule has 0 saturated carbocycles. The summed E-state index contributed by atoms with van der Waals surface area (Å²) in [6.07, 6.45) is 0.105. The van der Waals surface area contributed by atoms with Gasteiger partial charge in [0.05, 0.1) is 0 Å². The van der Waals surface area contributed by atoms with E-state index in [1.807, 2.05) is 30.3 Å². The van der Waals surface area contributed by atoms with Gasteiger partial charge in [-0.1, -0.05) is 30.3 Å². The molecule has 1 unspecified atom stereocenters. The fourth-order valence-corrected chi connectivity index (χ4v) is 2.42. The second-order valence-corrected chi connectivity index (χ2v) is 5.56. The first kappa shape index (κ1) is 20.9. The summed E-state index contributed by atoms with van der Waals surface area (Å²) in [7, 11) is 0. The number of hydrogen-bond acceptors (Lipinski definition) is 3. The van der Waals surface area contributed by atoms with E-state index in [0.29, 0.717) is 25.4 Å². The molecule has 0 aliphatic carbocycles. The first-order chi connectivity index (χ1) is 11.6. The molecule has 0 fully saturated rings. The Morgan fingerprint density at radius 3 is 2.36 bits per heavy atom. The van der Waals surface area contributed by atoms with Gasteiger partial charge in [0.15, 0.2) is 6.10 Å². The van der Waals surface area contributed by atoms with Crippen molar-refractivity contribution in [1.82, 2.24) is 4.90 Å². The van der Waals surface area contributed by atoms with Gasteiger partial charge in [-0.05, 0) is 43.2 Å². The van der Waals surface area contributed by atoms with Crippen molar-refractivity contribution in [3.8, 4) is 5.75 Å². The van der Waals surface area contributed by atoms with Gasteiger partial charge in [0, 0.05) is 19.6 Å². The highest BCUT2D eigenvalue weighted by Gasteiger charge is 2.21. The second kappa shape index (κ2) is 10.7. The summed E-state index contributed by atoms with van der Waals surface area (Å²) in [6.45, 7) is 3.14. The van der Waals surface area contributed by atoms with Crippen LogP contribution in [0.1, 0.15) is 12.5 Å². The molecule has 1 atom stereocenters. The van der Waals surface area contributed by atoms with Gasteiger partial charge >= 0.3 is 0 Å². The average molecular weight is 367 g/mol. The Morgan fingerprint density at radius 2 is 1.76 bits per heavy atom. The third-order valence-corrected chi connectivity index (χ3v) is 3.70. The average Bonchev–Trinajstić information content (AvgIpc) is 2.61. The molecule has 0 bridgehead atoms. The highest BCUT2D eigenvalue weighted by atomic mass is 35.5. The van der Waals surface area contributed by atoms with Gasteiger partial charge < -0.3 is 15.4 Å². The number of nitrogens with two attached hydrogens (primary N) is 1. The van der Waals surface area contributed by atoms with Crippen LogP contribution < -0.4 is 10.5 Å². The van der Waals surface area contributed by atoms with Crippen LogP contribution in [-0.2, 0) is 11.2 Å². The van der Waals surface area contributed by atoms with Crippen LogP contribution in [0.15, 0.2) is 54.6 Å². The predicted molar refractivity (Wildman–Crippen MR) is 99.5 cm³/mol. The lowest BCUT2D eigenvalue weighted by Gasteiger charge is -2.25. The monoisotopic (exact) mass is 366 g/mol. The number of amides is 1. The zero-order valence-electron chi connectivity index (χ0n) is 14.2. The lowest BCUT2D eigenvalue weighted by atomic mass is 10.1. The highest BCUT2D eigenvalue weighted by molar-refractivity contribution is 5.85. The van der Waals surface area contributed by atoms with Crippen molar-refractivity contribution in [3.63, 3.8) is 0 Å². The maximum atomic E-state index is 12.9. The van der Waals surface area contributed by atoms with E-state index in [0.717, 1.165) is 6.42 Å². The summed E-state index contributed by atoms with van der Waals surface area (Å²) in [5.74, 6) is 0.00247. The molecule has 0 heterocycles. The number of carbonyl (C=O) groups is 1. The minimum absolute atomic E-state index is 0. The largest absolute Gasteiger partial charge is 0.481 e. The Morgan fingerprint density at radius 1 is 1.12 bits per heavy atom. The Bertz CT molecular complexity index is 638. The van der Waals surface area contributed by atoms with E-state index in [2.05, 4.69) is 0 Å². The van der Waals surface area contributed by atoms with Crippen molar-refractivity contribution < 1.29 is 13.9 Å². The van der Waals surface area contributed by atoms with Crippen LogP contribution in [-0.4, -0.2) is 36.5 Å². The number of carbonyl (C=O) groups excluding carboxylic acids is 1. The molecule has 0 aromatic heterocycles. The maximum absolute atomic E-state index is 12.9. The topological polar surface area (TPSA) is 55.6 Å². The molecule has 2 rings (SSSR count). The van der Waals surface area contributed by atoms with Gasteiger partial charge in [0.25, 0.3) is 5.91 Å². The molecule has 0 aliphatic heterocycles. The SMILES string of the molecule is CC(Oc1ccc(F)cc1)C(=O)N(CCN)CCc1ccccc1.Cl. The lowest BCUT2D eigenvalue weighted by molar-refractivity contribution is -0.137. The highest BCUT2D eigenvalue weighted by Crippen LogP contribution is 2.14. The maximum Gasteiger partial charge on any atom is 0.263 e. The summed E-state index contributed by atoms with van der Waals surface area (Å²) in [6, 6.07) is 15.6. The summed E-state index contributed by atoms with van der Waals surface area (Å²) in [5, 5.41) is 0. The van der Waals surface area contributed by atoms with E-state index in [9.17, 15) is 9.18 Å². The standard InChI is InChI=1S/C19H23FN2O2.ClH/c1-15(24-18-9-7-17(20)8-10-18)19(23)22(14-12-21)13-11-16-5-3-2-4-6-16;/h2-10,15H,11-14,21H2,1H3;1H. The van der Waals surface area contributed by atoms with Gasteiger partial charge in [0.2, 0.25) is 0 Å². The smallest absolute Gasteiger partial charge is 0.263 e. The van der Waals surface area contributed by atoms with Gasteiger partial charge in [0.1, 0.15) is 11.6 Å². The molecule has 1 amide bonds. The van der Waals surface area contributed by atoms with Crippen LogP contribution in [0.3, 0.4) is 0 Å². The van der Waals surface area contributed by atoms with Gasteiger partial charge in [-0.25, -0.2) is 4.39 Å². The fourth-order valence-electron chi connectivity index (χ4n) is 2.42. The summed E-state index contributed by atoms with van der Waals surface area (Å²) in [5.41, 5.74) is 6.80. The molecule has 136 valence electrons. The van der Waals surface area contributed by atoms with Crippen molar-refractivity contribution in [3.05, 3.63) is 66.0 Å². The second-order valence-electron chi connectivity index (χ2n) is 5.56. The van der Waals surface area contributed by atoms with Crippen LogP contribution in [0, 0.1) is 5.82 Å². The van der Waals surface area contributed by atoms with Crippen molar-refractivity contribution in [2.75, 3.05) is 19.6 Å². The molecule has 6 heteroatoms. The Balaban J connectivity index is 0.00000312. The van der Waals surface area contributed by atoms with E-state index in [1.54, 1.807) is 11.8 Å². The van der Waals surface area contributed by atoms with Gasteiger partial charge in [-0.2, -0.15) is 0 Å². The molecular formula is C19H24ClFN2O2. The third-order valence-electron chi connectivity index (χ3n) is 3.70. The predicted octanol–water partition coefficient (Wildman–Crippen LogP) is 3.04. The minimum Gasteiger partial charge on any atom is -0.481 e. The van der Waals surface area contributed by atoms with Gasteiger partial charge in [-0.15, -0.1) is 12.4 Å². The number of benzene rings is 2. The number of halogens is 2. The zero-order valence-corrected chi connectivity index (χ0v) is 15.0. The lowest BCUT2D eigenvalue weighted by Crippen LogP contribution is -2.43. The number of ether oxygens (including phenoxy) is 1. The van der Waals surface area contributed by atoms with Crippen molar-refractivity contribution in [2.45, 2.75) is 19.4 Å². The Labute approximate surface area is 154 Å². The summed E-state index contributed by atoms with van der Waals surface area (Å²) in [4.78, 5) is 14.3. The molecular weight excluding hydrogens is 343 g/mol. The van der Waals surface area contributed by atoms with Crippen LogP contribution in [0.25, 0.3) is 0 Å². The molecule has 25 heavy (non-hydrogen) atoms. The molecule has 0 saturated heterocycles. The summed E-state index contributed by atoms with van der Waals surface area (Å²) < 4.78 is 18.5. The van der Waals surface area contributed by atoms with Crippen molar-refractivity contribution in [2.24, 2.45) is 5.73 Å². The molecule has 0 radical (unpaired) electrons. The molecule has 4 nitrogen and oxygen atoms in total. The summed E-state index contributed by atoms with van der Waals surface area (Å²) >= 11 is 0. The first-order valence-corrected chi connectivity index (χ1v) is 8.05. The minimum atomic E-state index is -0.655. The Kier molecular flexibility index (Phi) is 8.95. The van der Waals surface area contributed by atoms with Crippen LogP contribution in [0.2, 0.25) is 0 Å². The zero-order chi connectivity index (χ0) is 17.4. The third kappa shape index (κ3) is 6.72. The Hall–Kier alpha value is -2.11. The normalized spacial score (nSPS) is 11.3. The number of nitrogens with zero attached hydrogens (tertiary/aromatic N) is 1. The molecule has 0 spiro atoms. The van der Waals surface area contributed by atoms with Crippen molar-refractivity contribution >= 4 is 18.3 Å². The quantitative estimate of drug-likeness (QED) is 0.781. The number of hydrogen-bond donors (Lipinski definition) is 1. The van der Waals surface area contributed by atoms with Crippen LogP contribution in [0.5, 0.6) is 5.75 Å². The van der Waals surface area contributed by atoms with E-state index in [4.69, 9.17) is 10.5 Å². The van der Waals surface area contributed by atoms with Crippen LogP contribution in [0.4, 0.5) is 4.39 Å². The van der Waals surface area contributed by atoms with E-state index in [-0.39, 0.29) is 24.1 Å². The molecule has 0 aliphatic rings. The molecule has 2 aromatic carbocycles. The van der Waals surface area contributed by atoms with Gasteiger partial charge in [-0.3, -0.25) is 4.79 Å². The van der Waals surface area contributed by atoms with Crippen LogP contribution >= 0.6 is 12.4 Å². The molecule has 2 N–H and O–H groups in total. The molecule has 2 aromatic rings. The first-order valence-electron chi connectivity index (χ1n) is 8.05. The van der Waals surface area contributed by atoms with E-state index >= 15 is 0 Å². The van der Waals surface area contributed by atoms with E-state index in [1.165, 1.54) is 29.8 Å².